The van der Waals surface area contributed by atoms with Crippen molar-refractivity contribution < 1.29 is 17.1 Å². The van der Waals surface area contributed by atoms with Crippen LogP contribution < -0.4 is 10.6 Å². The molecule has 124 valence electrons. The third kappa shape index (κ3) is 6.79. The molecule has 0 N–H and O–H groups in total. The van der Waals surface area contributed by atoms with E-state index in [1.54, 1.807) is 10.6 Å². The molecule has 0 aliphatic carbocycles. The van der Waals surface area contributed by atoms with Crippen molar-refractivity contribution in [3.05, 3.63) is 48.5 Å². The summed E-state index contributed by atoms with van der Waals surface area (Å²) in [6, 6.07) is 17.0. The Morgan fingerprint density at radius 2 is 1.33 bits per heavy atom. The van der Waals surface area contributed by atoms with Gasteiger partial charge in [-0.2, -0.15) is 6.07 Å². The van der Waals surface area contributed by atoms with E-state index in [0.717, 1.165) is 0 Å². The summed E-state index contributed by atoms with van der Waals surface area (Å²) in [5.74, 6) is 0. The molecule has 2 rings (SSSR count). The molecular formula is C18H28FeP2-6. The average Bonchev–Trinajstić information content (AvgIpc) is 3.16. The maximum absolute atomic E-state index is 2.38. The quantitative estimate of drug-likeness (QED) is 0.381. The molecule has 0 spiro atoms. The Balaban J connectivity index is 0.000000562. The maximum Gasteiger partial charge on any atom is 0 e. The van der Waals surface area contributed by atoms with Crippen molar-refractivity contribution in [2.24, 2.45) is 0 Å². The smallest absolute Gasteiger partial charge is 0 e. The van der Waals surface area contributed by atoms with Crippen LogP contribution in [0.4, 0.5) is 0 Å². The summed E-state index contributed by atoms with van der Waals surface area (Å²) in [4.78, 5) is 0. The molecule has 0 unspecified atom stereocenters. The van der Waals surface area contributed by atoms with Crippen LogP contribution in [0.3, 0.4) is 0 Å². The van der Waals surface area contributed by atoms with Gasteiger partial charge >= 0.3 is 0 Å². The molecule has 0 radical (unpaired) electrons. The van der Waals surface area contributed by atoms with E-state index in [1.807, 2.05) is 30.3 Å². The minimum Gasteiger partial charge on any atom is -0.748 e. The standard InChI is InChI=1S/C13H23P2.C5H5.Fe/c1-5-14(6-2)12-10-9-11-13(12)15(7-3)8-4;1-2-4-5-3-1;/h9-11H,5-8H2,1-4H3;1-5H;/q-1;-5;. The molecule has 0 fully saturated rings. The molecular weight excluding hydrogens is 334 g/mol. The average molecular weight is 362 g/mol. The van der Waals surface area contributed by atoms with Gasteiger partial charge < -0.3 is 30.3 Å². The van der Waals surface area contributed by atoms with Crippen LogP contribution in [0, 0.1) is 0 Å². The molecule has 0 nitrogen and oxygen atoms in total. The van der Waals surface area contributed by atoms with Gasteiger partial charge in [0.1, 0.15) is 0 Å². The summed E-state index contributed by atoms with van der Waals surface area (Å²) in [7, 11) is 0.274. The Kier molecular flexibility index (Phi) is 12.7. The summed E-state index contributed by atoms with van der Waals surface area (Å²) in [6.45, 7) is 9.36. The Hall–Kier alpha value is 0.0795. The minimum absolute atomic E-state index is 0. The number of hydrogen-bond donors (Lipinski definition) is 0. The maximum atomic E-state index is 2.38. The first-order chi connectivity index (χ1) is 9.78. The van der Waals surface area contributed by atoms with E-state index < -0.39 is 0 Å². The fourth-order valence-electron chi connectivity index (χ4n) is 2.39. The topological polar surface area (TPSA) is 0 Å². The largest absolute Gasteiger partial charge is 0.748 e. The summed E-state index contributed by atoms with van der Waals surface area (Å²) >= 11 is 0. The summed E-state index contributed by atoms with van der Waals surface area (Å²) in [5, 5.41) is 3.43. The van der Waals surface area contributed by atoms with Crippen molar-refractivity contribution >= 4 is 26.5 Å². The van der Waals surface area contributed by atoms with Gasteiger partial charge in [-0.3, -0.25) is 0 Å². The van der Waals surface area contributed by atoms with E-state index in [4.69, 9.17) is 0 Å². The molecule has 0 saturated carbocycles. The van der Waals surface area contributed by atoms with Gasteiger partial charge in [-0.25, -0.2) is 12.1 Å². The SMILES string of the molecule is CCP(CC)c1ccc[c-]1P(CC)CC.[Fe].[cH-]1[cH-][cH-][cH-][cH-]1. The van der Waals surface area contributed by atoms with Crippen molar-refractivity contribution in [1.29, 1.82) is 0 Å². The molecule has 21 heavy (non-hydrogen) atoms. The molecule has 0 heterocycles. The van der Waals surface area contributed by atoms with Gasteiger partial charge in [-0.1, -0.05) is 27.7 Å². The van der Waals surface area contributed by atoms with Crippen LogP contribution in [0.15, 0.2) is 48.5 Å². The minimum atomic E-state index is 0. The van der Waals surface area contributed by atoms with Crippen LogP contribution in [-0.2, 0) is 17.1 Å². The molecule has 0 atom stereocenters. The fraction of sp³-hybridized carbons (Fsp3) is 0.444. The second kappa shape index (κ2) is 12.6. The number of hydrogen-bond acceptors (Lipinski definition) is 0. The van der Waals surface area contributed by atoms with E-state index in [2.05, 4.69) is 45.9 Å². The van der Waals surface area contributed by atoms with Crippen LogP contribution in [-0.4, -0.2) is 24.6 Å². The second-order valence-electron chi connectivity index (χ2n) is 4.60. The van der Waals surface area contributed by atoms with Gasteiger partial charge in [0.25, 0.3) is 0 Å². The number of rotatable bonds is 6. The third-order valence-corrected chi connectivity index (χ3v) is 8.91. The monoisotopic (exact) mass is 362 g/mol. The van der Waals surface area contributed by atoms with Gasteiger partial charge in [0.05, 0.1) is 0 Å². The summed E-state index contributed by atoms with van der Waals surface area (Å²) in [6.07, 6.45) is 5.39. The molecule has 2 aromatic carbocycles. The molecule has 0 bridgehead atoms. The Morgan fingerprint density at radius 3 is 1.71 bits per heavy atom. The van der Waals surface area contributed by atoms with Crippen LogP contribution in [0.5, 0.6) is 0 Å². The third-order valence-electron chi connectivity index (χ3n) is 3.53. The van der Waals surface area contributed by atoms with Crippen molar-refractivity contribution in [1.82, 2.24) is 0 Å². The van der Waals surface area contributed by atoms with Crippen molar-refractivity contribution in [2.75, 3.05) is 24.6 Å². The fourth-order valence-corrected chi connectivity index (χ4v) is 6.88. The Morgan fingerprint density at radius 1 is 0.857 bits per heavy atom. The van der Waals surface area contributed by atoms with E-state index >= 15 is 0 Å². The predicted octanol–water partition coefficient (Wildman–Crippen LogP) is 5.10. The summed E-state index contributed by atoms with van der Waals surface area (Å²) in [5.41, 5.74) is 0. The zero-order chi connectivity index (χ0) is 14.8. The van der Waals surface area contributed by atoms with E-state index in [1.165, 1.54) is 24.6 Å². The Bertz CT molecular complexity index is 382. The first-order valence-corrected chi connectivity index (χ1v) is 11.1. The predicted molar refractivity (Wildman–Crippen MR) is 99.3 cm³/mol. The molecule has 0 saturated heterocycles. The van der Waals surface area contributed by atoms with Crippen molar-refractivity contribution in [2.45, 2.75) is 27.7 Å². The second-order valence-corrected chi connectivity index (χ2v) is 10.3. The zero-order valence-electron chi connectivity index (χ0n) is 13.7. The van der Waals surface area contributed by atoms with E-state index in [9.17, 15) is 0 Å². The van der Waals surface area contributed by atoms with Gasteiger partial charge in [0.15, 0.2) is 0 Å². The van der Waals surface area contributed by atoms with Gasteiger partial charge in [0.2, 0.25) is 0 Å². The van der Waals surface area contributed by atoms with Crippen LogP contribution in [0.25, 0.3) is 0 Å². The molecule has 0 amide bonds. The Labute approximate surface area is 144 Å². The molecule has 0 aliphatic rings. The molecule has 0 aliphatic heterocycles. The first-order valence-electron chi connectivity index (χ1n) is 7.70. The van der Waals surface area contributed by atoms with Gasteiger partial charge in [-0.15, -0.1) is 26.5 Å². The van der Waals surface area contributed by atoms with Crippen molar-refractivity contribution in [3.8, 4) is 0 Å². The molecule has 0 aromatic heterocycles. The zero-order valence-corrected chi connectivity index (χ0v) is 16.6. The summed E-state index contributed by atoms with van der Waals surface area (Å²) < 4.78 is 0. The molecule has 2 aromatic rings. The normalized spacial score (nSPS) is 10.2. The van der Waals surface area contributed by atoms with Gasteiger partial charge in [-0.05, 0) is 24.6 Å². The van der Waals surface area contributed by atoms with Crippen LogP contribution in [0.1, 0.15) is 27.7 Å². The van der Waals surface area contributed by atoms with Crippen molar-refractivity contribution in [3.63, 3.8) is 0 Å². The van der Waals surface area contributed by atoms with E-state index in [-0.39, 0.29) is 32.9 Å². The van der Waals surface area contributed by atoms with Crippen LogP contribution >= 0.6 is 15.8 Å². The first kappa shape index (κ1) is 21.1. The molecule has 3 heteroatoms. The van der Waals surface area contributed by atoms with E-state index in [0.29, 0.717) is 0 Å². The van der Waals surface area contributed by atoms with Crippen LogP contribution in [0.2, 0.25) is 0 Å². The van der Waals surface area contributed by atoms with Gasteiger partial charge in [0, 0.05) is 17.1 Å².